The molecule has 0 radical (unpaired) electrons. The van der Waals surface area contributed by atoms with E-state index in [2.05, 4.69) is 15.2 Å². The zero-order valence-corrected chi connectivity index (χ0v) is 18.4. The lowest BCUT2D eigenvalue weighted by Crippen LogP contribution is -2.20. The van der Waals surface area contributed by atoms with Gasteiger partial charge in [-0.05, 0) is 79.2 Å². The number of hydrogen-bond acceptors (Lipinski definition) is 5. The second-order valence-corrected chi connectivity index (χ2v) is 8.63. The molecule has 3 aromatic rings. The van der Waals surface area contributed by atoms with Gasteiger partial charge in [0.1, 0.15) is 5.75 Å². The molecule has 0 atom stereocenters. The largest absolute Gasteiger partial charge is 0.497 e. The first kappa shape index (κ1) is 22.3. The van der Waals surface area contributed by atoms with Gasteiger partial charge < -0.3 is 4.74 Å². The molecule has 0 saturated carbocycles. The van der Waals surface area contributed by atoms with Crippen LogP contribution < -0.4 is 14.9 Å². The van der Waals surface area contributed by atoms with Gasteiger partial charge in [-0.3, -0.25) is 9.52 Å². The average molecular weight is 458 g/mol. The number of hydrazone groups is 1. The van der Waals surface area contributed by atoms with Crippen LogP contribution in [0.3, 0.4) is 0 Å². The molecule has 7 nitrogen and oxygen atoms in total. The molecule has 0 unspecified atom stereocenters. The maximum atomic E-state index is 12.7. The number of methoxy groups -OCH3 is 1. The molecule has 0 heterocycles. The summed E-state index contributed by atoms with van der Waals surface area (Å²) < 4.78 is 32.9. The van der Waals surface area contributed by atoms with E-state index >= 15 is 0 Å². The molecule has 0 saturated heterocycles. The highest BCUT2D eigenvalue weighted by atomic mass is 35.5. The molecule has 0 bridgehead atoms. The quantitative estimate of drug-likeness (QED) is 0.408. The van der Waals surface area contributed by atoms with Gasteiger partial charge in [-0.15, -0.1) is 0 Å². The van der Waals surface area contributed by atoms with Crippen LogP contribution in [-0.2, 0) is 10.0 Å². The molecule has 0 aliphatic heterocycles. The van der Waals surface area contributed by atoms with E-state index in [9.17, 15) is 13.2 Å². The lowest BCUT2D eigenvalue weighted by molar-refractivity contribution is 0.0954. The van der Waals surface area contributed by atoms with Crippen molar-refractivity contribution in [3.8, 4) is 5.75 Å². The van der Waals surface area contributed by atoms with Crippen molar-refractivity contribution in [1.29, 1.82) is 0 Å². The molecule has 2 N–H and O–H groups in total. The van der Waals surface area contributed by atoms with E-state index in [1.54, 1.807) is 50.4 Å². The highest BCUT2D eigenvalue weighted by molar-refractivity contribution is 7.92. The van der Waals surface area contributed by atoms with Gasteiger partial charge in [0.2, 0.25) is 0 Å². The number of hydrogen-bond donors (Lipinski definition) is 2. The van der Waals surface area contributed by atoms with Gasteiger partial charge in [0.15, 0.2) is 0 Å². The zero-order chi connectivity index (χ0) is 22.4. The number of carbonyl (C=O) groups is 1. The summed E-state index contributed by atoms with van der Waals surface area (Å²) in [5.41, 5.74) is 4.36. The molecular formula is C22H20ClN3O4S. The number of nitrogens with zero attached hydrogens (tertiary/aromatic N) is 1. The Morgan fingerprint density at radius 3 is 2.29 bits per heavy atom. The zero-order valence-electron chi connectivity index (χ0n) is 16.8. The highest BCUT2D eigenvalue weighted by Crippen LogP contribution is 2.19. The topological polar surface area (TPSA) is 96.9 Å². The summed E-state index contributed by atoms with van der Waals surface area (Å²) in [5.74, 6) is 0.183. The van der Waals surface area contributed by atoms with E-state index in [4.69, 9.17) is 16.3 Å². The maximum Gasteiger partial charge on any atom is 0.271 e. The molecule has 3 rings (SSSR count). The Balaban J connectivity index is 1.73. The number of rotatable bonds is 7. The van der Waals surface area contributed by atoms with Gasteiger partial charge in [0.05, 0.1) is 17.7 Å². The minimum Gasteiger partial charge on any atom is -0.497 e. The Hall–Kier alpha value is -3.36. The number of amides is 1. The lowest BCUT2D eigenvalue weighted by atomic mass is 10.1. The summed E-state index contributed by atoms with van der Waals surface area (Å²) in [6, 6.07) is 19.2. The van der Waals surface area contributed by atoms with Gasteiger partial charge >= 0.3 is 0 Å². The van der Waals surface area contributed by atoms with Crippen LogP contribution in [0.4, 0.5) is 5.69 Å². The molecule has 160 valence electrons. The summed E-state index contributed by atoms with van der Waals surface area (Å²) in [6.07, 6.45) is 0. The van der Waals surface area contributed by atoms with Crippen LogP contribution >= 0.6 is 11.6 Å². The Morgan fingerprint density at radius 1 is 0.968 bits per heavy atom. The van der Waals surface area contributed by atoms with Crippen molar-refractivity contribution in [3.05, 3.63) is 88.9 Å². The van der Waals surface area contributed by atoms with E-state index < -0.39 is 15.9 Å². The molecule has 0 fully saturated rings. The summed E-state index contributed by atoms with van der Waals surface area (Å²) in [7, 11) is -2.31. The van der Waals surface area contributed by atoms with Gasteiger partial charge in [-0.2, -0.15) is 5.10 Å². The molecule has 0 aliphatic carbocycles. The predicted octanol–water partition coefficient (Wildman–Crippen LogP) is 4.30. The van der Waals surface area contributed by atoms with Gasteiger partial charge in [-0.25, -0.2) is 13.8 Å². The Morgan fingerprint density at radius 2 is 1.65 bits per heavy atom. The SMILES string of the molecule is COc1ccc(/C(C)=N\NC(=O)c2cccc(S(=O)(=O)Nc3ccc(Cl)cc3)c2)cc1. The minimum atomic E-state index is -3.88. The standard InChI is InChI=1S/C22H20ClN3O4S/c1-15(16-6-12-20(30-2)13-7-16)24-25-22(27)17-4-3-5-21(14-17)31(28,29)26-19-10-8-18(23)9-11-19/h3-14,26H,1-2H3,(H,25,27)/b24-15-. The smallest absolute Gasteiger partial charge is 0.271 e. The number of carbonyl (C=O) groups excluding carboxylic acids is 1. The fourth-order valence-electron chi connectivity index (χ4n) is 2.63. The third-order valence-electron chi connectivity index (χ3n) is 4.34. The summed E-state index contributed by atoms with van der Waals surface area (Å²) in [5, 5.41) is 4.59. The third-order valence-corrected chi connectivity index (χ3v) is 5.97. The summed E-state index contributed by atoms with van der Waals surface area (Å²) in [6.45, 7) is 1.75. The Bertz CT molecular complexity index is 1210. The average Bonchev–Trinajstić information content (AvgIpc) is 2.78. The number of ether oxygens (including phenoxy) is 1. The molecule has 0 aromatic heterocycles. The van der Waals surface area contributed by atoms with Crippen LogP contribution in [0, 0.1) is 0 Å². The predicted molar refractivity (Wildman–Crippen MR) is 121 cm³/mol. The number of nitrogens with one attached hydrogen (secondary N) is 2. The second-order valence-electron chi connectivity index (χ2n) is 6.51. The van der Waals surface area contributed by atoms with Gasteiger partial charge in [0.25, 0.3) is 15.9 Å². The number of halogens is 1. The fourth-order valence-corrected chi connectivity index (χ4v) is 3.86. The highest BCUT2D eigenvalue weighted by Gasteiger charge is 2.16. The van der Waals surface area contributed by atoms with Crippen molar-refractivity contribution in [3.63, 3.8) is 0 Å². The molecule has 9 heteroatoms. The van der Waals surface area contributed by atoms with Gasteiger partial charge in [0, 0.05) is 16.3 Å². The minimum absolute atomic E-state index is 0.0500. The van der Waals surface area contributed by atoms with Crippen LogP contribution in [0.25, 0.3) is 0 Å². The van der Waals surface area contributed by atoms with Crippen LogP contribution in [0.15, 0.2) is 82.8 Å². The molecule has 31 heavy (non-hydrogen) atoms. The summed E-state index contributed by atoms with van der Waals surface area (Å²) in [4.78, 5) is 12.4. The van der Waals surface area contributed by atoms with Crippen molar-refractivity contribution in [2.45, 2.75) is 11.8 Å². The number of benzene rings is 3. The molecular weight excluding hydrogens is 438 g/mol. The van der Waals surface area contributed by atoms with E-state index in [0.717, 1.165) is 5.56 Å². The van der Waals surface area contributed by atoms with Crippen molar-refractivity contribution in [1.82, 2.24) is 5.43 Å². The molecule has 1 amide bonds. The maximum absolute atomic E-state index is 12.7. The first-order chi connectivity index (χ1) is 14.8. The van der Waals surface area contributed by atoms with Crippen molar-refractivity contribution in [2.75, 3.05) is 11.8 Å². The second kappa shape index (κ2) is 9.63. The third kappa shape index (κ3) is 5.84. The van der Waals surface area contributed by atoms with Crippen LogP contribution in [0.2, 0.25) is 5.02 Å². The first-order valence-electron chi connectivity index (χ1n) is 9.16. The summed E-state index contributed by atoms with van der Waals surface area (Å²) >= 11 is 5.82. The molecule has 3 aromatic carbocycles. The number of anilines is 1. The van der Waals surface area contributed by atoms with Crippen molar-refractivity contribution in [2.24, 2.45) is 5.10 Å². The van der Waals surface area contributed by atoms with E-state index in [-0.39, 0.29) is 10.5 Å². The van der Waals surface area contributed by atoms with Gasteiger partial charge in [-0.1, -0.05) is 17.7 Å². The Labute approximate surface area is 185 Å². The van der Waals surface area contributed by atoms with E-state index in [0.29, 0.717) is 22.2 Å². The molecule has 0 spiro atoms. The fraction of sp³-hybridized carbons (Fsp3) is 0.0909. The van der Waals surface area contributed by atoms with E-state index in [1.165, 1.54) is 24.3 Å². The monoisotopic (exact) mass is 457 g/mol. The normalized spacial score (nSPS) is 11.6. The van der Waals surface area contributed by atoms with E-state index in [1.807, 2.05) is 12.1 Å². The first-order valence-corrected chi connectivity index (χ1v) is 11.0. The van der Waals surface area contributed by atoms with Crippen LogP contribution in [-0.4, -0.2) is 27.1 Å². The van der Waals surface area contributed by atoms with Crippen LogP contribution in [0.1, 0.15) is 22.8 Å². The van der Waals surface area contributed by atoms with Crippen molar-refractivity contribution >= 4 is 38.9 Å². The molecule has 0 aliphatic rings. The van der Waals surface area contributed by atoms with Crippen molar-refractivity contribution < 1.29 is 17.9 Å². The lowest BCUT2D eigenvalue weighted by Gasteiger charge is -2.09. The van der Waals surface area contributed by atoms with Crippen LogP contribution in [0.5, 0.6) is 5.75 Å². The number of sulfonamides is 1. The Kier molecular flexibility index (Phi) is 6.94.